The summed E-state index contributed by atoms with van der Waals surface area (Å²) in [4.78, 5) is 3.85. The molecule has 1 heterocycles. The molecule has 1 aromatic heterocycles. The molecule has 2 aromatic rings. The fourth-order valence-electron chi connectivity index (χ4n) is 1.60. The van der Waals surface area contributed by atoms with Crippen LogP contribution >= 0.6 is 23.2 Å². The number of halogens is 2. The van der Waals surface area contributed by atoms with Gasteiger partial charge in [-0.15, -0.1) is 0 Å². The maximum atomic E-state index is 9.07. The SMILES string of the molecule is Cc1c(Cl)ccc(Oc2ccnc(Cl)c2C#N)c1C. The first kappa shape index (κ1) is 13.7. The molecule has 0 aliphatic carbocycles. The molecule has 0 amide bonds. The van der Waals surface area contributed by atoms with Crippen molar-refractivity contribution < 1.29 is 4.74 Å². The molecule has 96 valence electrons. The predicted molar refractivity (Wildman–Crippen MR) is 75.0 cm³/mol. The van der Waals surface area contributed by atoms with E-state index in [0.29, 0.717) is 16.5 Å². The number of benzene rings is 1. The lowest BCUT2D eigenvalue weighted by atomic mass is 10.1. The molecule has 0 aliphatic heterocycles. The standard InChI is InChI=1S/C14H10Cl2N2O/c1-8-9(2)12(4-3-11(8)15)19-13-5-6-18-14(16)10(13)7-17/h3-6H,1-2H3. The van der Waals surface area contributed by atoms with Gasteiger partial charge < -0.3 is 4.74 Å². The Morgan fingerprint density at radius 2 is 1.84 bits per heavy atom. The van der Waals surface area contributed by atoms with Gasteiger partial charge in [-0.2, -0.15) is 5.26 Å². The number of hydrogen-bond donors (Lipinski definition) is 0. The fourth-order valence-corrected chi connectivity index (χ4v) is 1.99. The van der Waals surface area contributed by atoms with Gasteiger partial charge in [0.15, 0.2) is 5.15 Å². The van der Waals surface area contributed by atoms with Gasteiger partial charge in [0.05, 0.1) is 0 Å². The Morgan fingerprint density at radius 3 is 2.53 bits per heavy atom. The first-order valence-electron chi connectivity index (χ1n) is 5.52. The molecule has 0 fully saturated rings. The highest BCUT2D eigenvalue weighted by molar-refractivity contribution is 6.31. The zero-order valence-electron chi connectivity index (χ0n) is 10.4. The molecular formula is C14H10Cl2N2O. The minimum atomic E-state index is 0.128. The van der Waals surface area contributed by atoms with Crippen LogP contribution in [0.3, 0.4) is 0 Å². The van der Waals surface area contributed by atoms with Gasteiger partial charge in [-0.25, -0.2) is 4.98 Å². The molecule has 0 atom stereocenters. The van der Waals surface area contributed by atoms with Crippen LogP contribution in [0.25, 0.3) is 0 Å². The second-order valence-corrected chi connectivity index (χ2v) is 4.75. The molecule has 3 nitrogen and oxygen atoms in total. The minimum Gasteiger partial charge on any atom is -0.456 e. The Kier molecular flexibility index (Phi) is 3.94. The van der Waals surface area contributed by atoms with Gasteiger partial charge in [0, 0.05) is 17.3 Å². The molecule has 0 aliphatic rings. The highest BCUT2D eigenvalue weighted by atomic mass is 35.5. The lowest BCUT2D eigenvalue weighted by molar-refractivity contribution is 0.476. The van der Waals surface area contributed by atoms with E-state index in [1.807, 2.05) is 19.9 Å². The van der Waals surface area contributed by atoms with E-state index in [9.17, 15) is 0 Å². The van der Waals surface area contributed by atoms with Crippen LogP contribution in [0, 0.1) is 25.2 Å². The Bertz CT molecular complexity index is 678. The van der Waals surface area contributed by atoms with Gasteiger partial charge in [0.25, 0.3) is 0 Å². The molecule has 19 heavy (non-hydrogen) atoms. The summed E-state index contributed by atoms with van der Waals surface area (Å²) in [5, 5.41) is 9.88. The molecule has 0 saturated carbocycles. The average molecular weight is 293 g/mol. The monoisotopic (exact) mass is 292 g/mol. The van der Waals surface area contributed by atoms with Crippen molar-refractivity contribution in [2.45, 2.75) is 13.8 Å². The largest absolute Gasteiger partial charge is 0.456 e. The van der Waals surface area contributed by atoms with Crippen LogP contribution in [0.1, 0.15) is 16.7 Å². The molecule has 0 N–H and O–H groups in total. The fraction of sp³-hybridized carbons (Fsp3) is 0.143. The van der Waals surface area contributed by atoms with Crippen molar-refractivity contribution in [3.8, 4) is 17.6 Å². The minimum absolute atomic E-state index is 0.128. The summed E-state index contributed by atoms with van der Waals surface area (Å²) in [5.41, 5.74) is 2.08. The highest BCUT2D eigenvalue weighted by Gasteiger charge is 2.12. The molecule has 1 aromatic carbocycles. The molecule has 5 heteroatoms. The highest BCUT2D eigenvalue weighted by Crippen LogP contribution is 2.33. The van der Waals surface area contributed by atoms with Crippen LogP contribution < -0.4 is 4.74 Å². The van der Waals surface area contributed by atoms with Gasteiger partial charge in [-0.1, -0.05) is 23.2 Å². The second-order valence-electron chi connectivity index (χ2n) is 3.98. The van der Waals surface area contributed by atoms with E-state index in [0.717, 1.165) is 11.1 Å². The Balaban J connectivity index is 2.46. The molecule has 0 spiro atoms. The average Bonchev–Trinajstić information content (AvgIpc) is 2.40. The summed E-state index contributed by atoms with van der Waals surface area (Å²) < 4.78 is 5.74. The normalized spacial score (nSPS) is 10.1. The number of hydrogen-bond acceptors (Lipinski definition) is 3. The summed E-state index contributed by atoms with van der Waals surface area (Å²) in [6.45, 7) is 3.82. The van der Waals surface area contributed by atoms with Crippen molar-refractivity contribution in [1.82, 2.24) is 4.98 Å². The first-order valence-corrected chi connectivity index (χ1v) is 6.28. The van der Waals surface area contributed by atoms with E-state index in [1.54, 1.807) is 18.2 Å². The van der Waals surface area contributed by atoms with Crippen LogP contribution in [-0.2, 0) is 0 Å². The third kappa shape index (κ3) is 2.65. The Hall–Kier alpha value is -1.76. The summed E-state index contributed by atoms with van der Waals surface area (Å²) >= 11 is 11.9. The zero-order chi connectivity index (χ0) is 14.0. The maximum absolute atomic E-state index is 9.07. The topological polar surface area (TPSA) is 45.9 Å². The third-order valence-corrected chi connectivity index (χ3v) is 3.57. The van der Waals surface area contributed by atoms with Crippen LogP contribution in [0.15, 0.2) is 24.4 Å². The maximum Gasteiger partial charge on any atom is 0.150 e. The van der Waals surface area contributed by atoms with E-state index in [1.165, 1.54) is 6.20 Å². The third-order valence-electron chi connectivity index (χ3n) is 2.87. The number of aromatic nitrogens is 1. The molecule has 0 saturated heterocycles. The van der Waals surface area contributed by atoms with Gasteiger partial charge in [0.1, 0.15) is 23.1 Å². The van der Waals surface area contributed by atoms with E-state index in [2.05, 4.69) is 4.98 Å². The zero-order valence-corrected chi connectivity index (χ0v) is 11.9. The summed E-state index contributed by atoms with van der Waals surface area (Å²) in [6, 6.07) is 7.11. The van der Waals surface area contributed by atoms with Crippen LogP contribution in [0.4, 0.5) is 0 Å². The molecule has 0 radical (unpaired) electrons. The van der Waals surface area contributed by atoms with Crippen LogP contribution in [0.2, 0.25) is 10.2 Å². The number of nitrogens with zero attached hydrogens (tertiary/aromatic N) is 2. The Morgan fingerprint density at radius 1 is 1.11 bits per heavy atom. The van der Waals surface area contributed by atoms with Crippen molar-refractivity contribution in [3.63, 3.8) is 0 Å². The summed E-state index contributed by atoms with van der Waals surface area (Å²) in [7, 11) is 0. The van der Waals surface area contributed by atoms with E-state index in [4.69, 9.17) is 33.2 Å². The van der Waals surface area contributed by atoms with Gasteiger partial charge in [0.2, 0.25) is 0 Å². The number of nitriles is 1. The quantitative estimate of drug-likeness (QED) is 0.756. The van der Waals surface area contributed by atoms with E-state index < -0.39 is 0 Å². The van der Waals surface area contributed by atoms with Crippen molar-refractivity contribution in [2.24, 2.45) is 0 Å². The first-order chi connectivity index (χ1) is 9.04. The number of ether oxygens (including phenoxy) is 1. The van der Waals surface area contributed by atoms with E-state index in [-0.39, 0.29) is 10.7 Å². The molecule has 2 rings (SSSR count). The number of pyridine rings is 1. The molecule has 0 unspecified atom stereocenters. The molecular weight excluding hydrogens is 283 g/mol. The van der Waals surface area contributed by atoms with Gasteiger partial charge >= 0.3 is 0 Å². The van der Waals surface area contributed by atoms with Crippen molar-refractivity contribution in [1.29, 1.82) is 5.26 Å². The number of rotatable bonds is 2. The molecule has 0 bridgehead atoms. The predicted octanol–water partition coefficient (Wildman–Crippen LogP) is 4.67. The summed E-state index contributed by atoms with van der Waals surface area (Å²) in [6.07, 6.45) is 1.50. The van der Waals surface area contributed by atoms with Crippen molar-refractivity contribution in [2.75, 3.05) is 0 Å². The summed E-state index contributed by atoms with van der Waals surface area (Å²) in [5.74, 6) is 1.02. The van der Waals surface area contributed by atoms with Crippen molar-refractivity contribution in [3.05, 3.63) is 51.3 Å². The lowest BCUT2D eigenvalue weighted by Crippen LogP contribution is -1.94. The van der Waals surface area contributed by atoms with Crippen molar-refractivity contribution >= 4 is 23.2 Å². The second kappa shape index (κ2) is 5.48. The smallest absolute Gasteiger partial charge is 0.150 e. The van der Waals surface area contributed by atoms with E-state index >= 15 is 0 Å². The van der Waals surface area contributed by atoms with Crippen LogP contribution in [0.5, 0.6) is 11.5 Å². The lowest BCUT2D eigenvalue weighted by Gasteiger charge is -2.12. The Labute approximate surface area is 121 Å². The van der Waals surface area contributed by atoms with Gasteiger partial charge in [-0.3, -0.25) is 0 Å². The van der Waals surface area contributed by atoms with Crippen LogP contribution in [-0.4, -0.2) is 4.98 Å². The van der Waals surface area contributed by atoms with Gasteiger partial charge in [-0.05, 0) is 37.1 Å².